The van der Waals surface area contributed by atoms with Gasteiger partial charge in [0.1, 0.15) is 17.8 Å². The topological polar surface area (TPSA) is 80.3 Å². The predicted octanol–water partition coefficient (Wildman–Crippen LogP) is 4.34. The van der Waals surface area contributed by atoms with E-state index in [1.165, 1.54) is 17.0 Å². The van der Waals surface area contributed by atoms with Gasteiger partial charge in [-0.05, 0) is 39.8 Å². The SMILES string of the molecule is CC(C)N(Cc1nc(-c2ncn3c2CN(C)C(=O)c2c-3ccc(F)c2Cl)no1)C(C)C.Cl. The van der Waals surface area contributed by atoms with Crippen LogP contribution in [0.4, 0.5) is 4.39 Å². The molecule has 172 valence electrons. The number of hydrogen-bond acceptors (Lipinski definition) is 6. The van der Waals surface area contributed by atoms with E-state index in [4.69, 9.17) is 16.1 Å². The Balaban J connectivity index is 0.00000289. The summed E-state index contributed by atoms with van der Waals surface area (Å²) >= 11 is 6.14. The van der Waals surface area contributed by atoms with Crippen molar-refractivity contribution in [3.8, 4) is 17.2 Å². The summed E-state index contributed by atoms with van der Waals surface area (Å²) in [7, 11) is 1.63. The van der Waals surface area contributed by atoms with Crippen molar-refractivity contribution in [1.29, 1.82) is 0 Å². The number of benzene rings is 1. The molecule has 0 atom stereocenters. The van der Waals surface area contributed by atoms with Gasteiger partial charge in [-0.2, -0.15) is 4.98 Å². The molecule has 1 aromatic carbocycles. The Kier molecular flexibility index (Phi) is 6.92. The molecule has 32 heavy (non-hydrogen) atoms. The second kappa shape index (κ2) is 9.17. The molecule has 4 rings (SSSR count). The van der Waals surface area contributed by atoms with Crippen molar-refractivity contribution in [3.63, 3.8) is 0 Å². The van der Waals surface area contributed by atoms with Gasteiger partial charge in [-0.1, -0.05) is 16.8 Å². The number of halogens is 3. The van der Waals surface area contributed by atoms with Crippen LogP contribution in [0.1, 0.15) is 49.6 Å². The zero-order valence-corrected chi connectivity index (χ0v) is 20.0. The molecule has 0 saturated carbocycles. The van der Waals surface area contributed by atoms with Crippen LogP contribution >= 0.6 is 24.0 Å². The summed E-state index contributed by atoms with van der Waals surface area (Å²) in [6.45, 7) is 9.22. The molecule has 8 nitrogen and oxygen atoms in total. The third kappa shape index (κ3) is 4.12. The second-order valence-electron chi connectivity index (χ2n) is 8.20. The summed E-state index contributed by atoms with van der Waals surface area (Å²) < 4.78 is 21.3. The first-order valence-corrected chi connectivity index (χ1v) is 10.5. The van der Waals surface area contributed by atoms with Crippen molar-refractivity contribution in [2.75, 3.05) is 7.05 Å². The van der Waals surface area contributed by atoms with Gasteiger partial charge in [-0.15, -0.1) is 12.4 Å². The molecule has 1 aliphatic rings. The summed E-state index contributed by atoms with van der Waals surface area (Å²) in [5, 5.41) is 3.92. The number of rotatable bonds is 5. The molecule has 0 unspecified atom stereocenters. The number of aromatic nitrogens is 4. The summed E-state index contributed by atoms with van der Waals surface area (Å²) in [6, 6.07) is 3.40. The molecular weight excluding hydrogens is 458 g/mol. The molecule has 0 saturated heterocycles. The monoisotopic (exact) mass is 482 g/mol. The highest BCUT2D eigenvalue weighted by atomic mass is 35.5. The van der Waals surface area contributed by atoms with Gasteiger partial charge < -0.3 is 9.42 Å². The van der Waals surface area contributed by atoms with Crippen molar-refractivity contribution in [3.05, 3.63) is 46.4 Å². The van der Waals surface area contributed by atoms with Crippen molar-refractivity contribution >= 4 is 29.9 Å². The third-order valence-electron chi connectivity index (χ3n) is 5.47. The van der Waals surface area contributed by atoms with E-state index in [0.29, 0.717) is 47.4 Å². The summed E-state index contributed by atoms with van der Waals surface area (Å²) in [4.78, 5) is 25.6. The number of amides is 1. The van der Waals surface area contributed by atoms with E-state index in [-0.39, 0.29) is 35.4 Å². The van der Waals surface area contributed by atoms with E-state index < -0.39 is 5.82 Å². The average molecular weight is 483 g/mol. The van der Waals surface area contributed by atoms with Crippen LogP contribution in [0.25, 0.3) is 17.2 Å². The summed E-state index contributed by atoms with van der Waals surface area (Å²) in [6.07, 6.45) is 1.56. The van der Waals surface area contributed by atoms with Crippen LogP contribution in [0.5, 0.6) is 0 Å². The quantitative estimate of drug-likeness (QED) is 0.537. The van der Waals surface area contributed by atoms with E-state index in [0.717, 1.165) is 0 Å². The van der Waals surface area contributed by atoms with Gasteiger partial charge in [0.15, 0.2) is 0 Å². The number of fused-ring (bicyclic) bond motifs is 3. The highest BCUT2D eigenvalue weighted by molar-refractivity contribution is 6.34. The Morgan fingerprint density at radius 3 is 2.59 bits per heavy atom. The van der Waals surface area contributed by atoms with Gasteiger partial charge in [-0.25, -0.2) is 9.37 Å². The number of hydrogen-bond donors (Lipinski definition) is 0. The standard InChI is InChI=1S/C21H24ClFN6O2.ClH/c1-11(2)28(12(3)4)9-16-25-20(26-31-16)19-15-8-27(5)21(30)17-14(29(15)10-24-19)7-6-13(23)18(17)22;/h6-7,10-12H,8-9H2,1-5H3;1H. The lowest BCUT2D eigenvalue weighted by atomic mass is 10.1. The molecule has 0 radical (unpaired) electrons. The molecule has 0 bridgehead atoms. The minimum atomic E-state index is -0.645. The molecular formula is C21H25Cl2FN6O2. The third-order valence-corrected chi connectivity index (χ3v) is 5.84. The van der Waals surface area contributed by atoms with Gasteiger partial charge in [-0.3, -0.25) is 14.3 Å². The Morgan fingerprint density at radius 1 is 1.25 bits per heavy atom. The van der Waals surface area contributed by atoms with E-state index in [1.807, 2.05) is 0 Å². The maximum absolute atomic E-state index is 14.0. The number of imidazole rings is 1. The average Bonchev–Trinajstić information content (AvgIpc) is 3.31. The molecule has 3 aromatic rings. The molecule has 0 N–H and O–H groups in total. The first-order chi connectivity index (χ1) is 14.7. The van der Waals surface area contributed by atoms with Gasteiger partial charge in [0.25, 0.3) is 5.91 Å². The normalized spacial score (nSPS) is 13.4. The Bertz CT molecular complexity index is 1140. The smallest absolute Gasteiger partial charge is 0.257 e. The predicted molar refractivity (Wildman–Crippen MR) is 121 cm³/mol. The van der Waals surface area contributed by atoms with E-state index in [1.54, 1.807) is 17.9 Å². The lowest BCUT2D eigenvalue weighted by Crippen LogP contribution is -2.36. The van der Waals surface area contributed by atoms with Crippen LogP contribution in [0.2, 0.25) is 5.02 Å². The van der Waals surface area contributed by atoms with Crippen LogP contribution in [0.3, 0.4) is 0 Å². The summed E-state index contributed by atoms with van der Waals surface area (Å²) in [5.41, 5.74) is 1.76. The Morgan fingerprint density at radius 2 is 1.94 bits per heavy atom. The van der Waals surface area contributed by atoms with Crippen LogP contribution in [0, 0.1) is 5.82 Å². The molecule has 0 aliphatic carbocycles. The Labute approximate surface area is 196 Å². The zero-order valence-electron chi connectivity index (χ0n) is 18.5. The number of carbonyl (C=O) groups excluding carboxylic acids is 1. The first kappa shape index (κ1) is 24.2. The van der Waals surface area contributed by atoms with Crippen LogP contribution < -0.4 is 0 Å². The van der Waals surface area contributed by atoms with Crippen LogP contribution in [0.15, 0.2) is 23.0 Å². The summed E-state index contributed by atoms with van der Waals surface area (Å²) in [5.74, 6) is -0.183. The zero-order chi connectivity index (χ0) is 22.4. The number of carbonyl (C=O) groups is 1. The Hall–Kier alpha value is -2.49. The van der Waals surface area contributed by atoms with Gasteiger partial charge in [0.05, 0.1) is 35.1 Å². The lowest BCUT2D eigenvalue weighted by molar-refractivity contribution is 0.0788. The van der Waals surface area contributed by atoms with E-state index >= 15 is 0 Å². The fraction of sp³-hybridized carbons (Fsp3) is 0.429. The van der Waals surface area contributed by atoms with Crippen molar-refractivity contribution in [2.45, 2.75) is 52.9 Å². The molecule has 11 heteroatoms. The molecule has 1 aliphatic heterocycles. The van der Waals surface area contributed by atoms with Crippen molar-refractivity contribution in [1.82, 2.24) is 29.5 Å². The van der Waals surface area contributed by atoms with Crippen LogP contribution in [-0.2, 0) is 13.1 Å². The fourth-order valence-corrected chi connectivity index (χ4v) is 4.12. The van der Waals surface area contributed by atoms with Crippen LogP contribution in [-0.4, -0.2) is 54.5 Å². The largest absolute Gasteiger partial charge is 0.337 e. The van der Waals surface area contributed by atoms with E-state index in [2.05, 4.69) is 47.7 Å². The highest BCUT2D eigenvalue weighted by Gasteiger charge is 2.31. The maximum Gasteiger partial charge on any atom is 0.257 e. The molecule has 0 spiro atoms. The highest BCUT2D eigenvalue weighted by Crippen LogP contribution is 2.34. The molecule has 0 fully saturated rings. The molecule has 2 aromatic heterocycles. The van der Waals surface area contributed by atoms with Crippen molar-refractivity contribution < 1.29 is 13.7 Å². The maximum atomic E-state index is 14.0. The minimum Gasteiger partial charge on any atom is -0.337 e. The van der Waals surface area contributed by atoms with Gasteiger partial charge in [0, 0.05) is 19.1 Å². The van der Waals surface area contributed by atoms with Gasteiger partial charge >= 0.3 is 0 Å². The second-order valence-corrected chi connectivity index (χ2v) is 8.58. The van der Waals surface area contributed by atoms with Gasteiger partial charge in [0.2, 0.25) is 11.7 Å². The van der Waals surface area contributed by atoms with Crippen molar-refractivity contribution in [2.24, 2.45) is 0 Å². The molecule has 3 heterocycles. The molecule has 1 amide bonds. The fourth-order valence-electron chi connectivity index (χ4n) is 3.88. The lowest BCUT2D eigenvalue weighted by Gasteiger charge is -2.28. The van der Waals surface area contributed by atoms with E-state index in [9.17, 15) is 9.18 Å². The minimum absolute atomic E-state index is 0. The first-order valence-electron chi connectivity index (χ1n) is 10.1. The number of nitrogens with zero attached hydrogens (tertiary/aromatic N) is 6.